The largest absolute Gasteiger partial charge is 0.481 e. The van der Waals surface area contributed by atoms with E-state index in [1.165, 1.54) is 6.07 Å². The van der Waals surface area contributed by atoms with Crippen molar-refractivity contribution in [3.8, 4) is 6.07 Å². The van der Waals surface area contributed by atoms with E-state index in [1.54, 1.807) is 0 Å². The Hall–Kier alpha value is -1.96. The lowest BCUT2D eigenvalue weighted by Gasteiger charge is -2.01. The van der Waals surface area contributed by atoms with Crippen molar-refractivity contribution in [2.24, 2.45) is 0 Å². The zero-order valence-corrected chi connectivity index (χ0v) is 6.92. The van der Waals surface area contributed by atoms with E-state index in [2.05, 4.69) is 0 Å². The smallest absolute Gasteiger partial charge is 0.307 e. The van der Waals surface area contributed by atoms with Crippen molar-refractivity contribution in [1.29, 1.82) is 5.26 Å². The Morgan fingerprint density at radius 3 is 2.64 bits per heavy atom. The number of carboxylic acid groups (broad SMARTS) is 1. The number of nitrogens with zero attached hydrogens (tertiary/aromatic N) is 1. The molecule has 0 fully saturated rings. The molecule has 14 heavy (non-hydrogen) atoms. The van der Waals surface area contributed by atoms with Gasteiger partial charge in [0.15, 0.2) is 0 Å². The SMILES string of the molecule is N#Cc1cc(F)cc(CC(=O)O)c1F. The molecule has 1 rings (SSSR count). The number of hydrogen-bond donors (Lipinski definition) is 1. The van der Waals surface area contributed by atoms with Crippen LogP contribution < -0.4 is 0 Å². The van der Waals surface area contributed by atoms with Crippen LogP contribution in [0.4, 0.5) is 8.78 Å². The molecule has 0 unspecified atom stereocenters. The zero-order chi connectivity index (χ0) is 10.7. The molecule has 72 valence electrons. The maximum Gasteiger partial charge on any atom is 0.307 e. The van der Waals surface area contributed by atoms with E-state index >= 15 is 0 Å². The number of aliphatic carboxylic acids is 1. The second-order valence-electron chi connectivity index (χ2n) is 2.61. The van der Waals surface area contributed by atoms with Crippen LogP contribution in [0, 0.1) is 23.0 Å². The van der Waals surface area contributed by atoms with Crippen molar-refractivity contribution in [2.75, 3.05) is 0 Å². The van der Waals surface area contributed by atoms with Gasteiger partial charge in [0, 0.05) is 5.56 Å². The highest BCUT2D eigenvalue weighted by Gasteiger charge is 2.13. The van der Waals surface area contributed by atoms with Gasteiger partial charge in [-0.15, -0.1) is 0 Å². The first kappa shape index (κ1) is 10.1. The van der Waals surface area contributed by atoms with E-state index in [-0.39, 0.29) is 5.56 Å². The Morgan fingerprint density at radius 2 is 2.14 bits per heavy atom. The van der Waals surface area contributed by atoms with Crippen LogP contribution in [0.1, 0.15) is 11.1 Å². The molecule has 5 heteroatoms. The summed E-state index contributed by atoms with van der Waals surface area (Å²) >= 11 is 0. The minimum atomic E-state index is -1.28. The van der Waals surface area contributed by atoms with Crippen molar-refractivity contribution >= 4 is 5.97 Å². The van der Waals surface area contributed by atoms with Gasteiger partial charge < -0.3 is 5.11 Å². The molecular weight excluding hydrogens is 192 g/mol. The minimum absolute atomic E-state index is 0.325. The van der Waals surface area contributed by atoms with Crippen molar-refractivity contribution in [2.45, 2.75) is 6.42 Å². The third kappa shape index (κ3) is 2.04. The average molecular weight is 197 g/mol. The molecule has 0 atom stereocenters. The Kier molecular flexibility index (Phi) is 2.77. The average Bonchev–Trinajstić information content (AvgIpc) is 2.09. The molecule has 0 heterocycles. The van der Waals surface area contributed by atoms with Crippen LogP contribution in [0.25, 0.3) is 0 Å². The summed E-state index contributed by atoms with van der Waals surface area (Å²) in [5.41, 5.74) is -0.810. The number of halogens is 2. The van der Waals surface area contributed by atoms with Gasteiger partial charge in [-0.25, -0.2) is 8.78 Å². The fourth-order valence-corrected chi connectivity index (χ4v) is 1.02. The summed E-state index contributed by atoms with van der Waals surface area (Å²) in [6.45, 7) is 0. The molecule has 0 saturated carbocycles. The van der Waals surface area contributed by atoms with E-state index in [1.807, 2.05) is 0 Å². The normalized spacial score (nSPS) is 9.50. The molecule has 1 aromatic rings. The first-order valence-corrected chi connectivity index (χ1v) is 3.64. The molecule has 1 N–H and O–H groups in total. The standard InChI is InChI=1S/C9H5F2NO2/c10-7-1-5(3-8(13)14)9(11)6(2-7)4-12/h1-2H,3H2,(H,13,14). The lowest BCUT2D eigenvalue weighted by Crippen LogP contribution is -2.04. The summed E-state index contributed by atoms with van der Waals surface area (Å²) in [6, 6.07) is 2.93. The zero-order valence-electron chi connectivity index (χ0n) is 6.92. The third-order valence-electron chi connectivity index (χ3n) is 1.57. The lowest BCUT2D eigenvalue weighted by molar-refractivity contribution is -0.136. The predicted octanol–water partition coefficient (Wildman–Crippen LogP) is 1.46. The van der Waals surface area contributed by atoms with Crippen LogP contribution in [0.2, 0.25) is 0 Å². The summed E-state index contributed by atoms with van der Waals surface area (Å²) in [6.07, 6.45) is -0.641. The Labute approximate surface area is 78.2 Å². The van der Waals surface area contributed by atoms with Crippen molar-refractivity contribution in [1.82, 2.24) is 0 Å². The molecule has 0 aliphatic heterocycles. The maximum absolute atomic E-state index is 13.2. The molecule has 0 bridgehead atoms. The summed E-state index contributed by atoms with van der Waals surface area (Å²) in [7, 11) is 0. The molecule has 3 nitrogen and oxygen atoms in total. The number of carbonyl (C=O) groups is 1. The summed E-state index contributed by atoms with van der Waals surface area (Å²) < 4.78 is 25.9. The van der Waals surface area contributed by atoms with Gasteiger partial charge in [0.05, 0.1) is 12.0 Å². The Morgan fingerprint density at radius 1 is 1.50 bits per heavy atom. The fraction of sp³-hybridized carbons (Fsp3) is 0.111. The predicted molar refractivity (Wildman–Crippen MR) is 42.4 cm³/mol. The van der Waals surface area contributed by atoms with E-state index in [0.29, 0.717) is 0 Å². The van der Waals surface area contributed by atoms with Gasteiger partial charge in [-0.2, -0.15) is 5.26 Å². The third-order valence-corrected chi connectivity index (χ3v) is 1.57. The topological polar surface area (TPSA) is 61.1 Å². The first-order valence-electron chi connectivity index (χ1n) is 3.64. The van der Waals surface area contributed by atoms with Crippen LogP contribution in [0.15, 0.2) is 12.1 Å². The molecule has 0 aliphatic rings. The molecule has 0 aromatic heterocycles. The first-order chi connectivity index (χ1) is 6.54. The van der Waals surface area contributed by atoms with Crippen molar-refractivity contribution in [3.63, 3.8) is 0 Å². The number of hydrogen-bond acceptors (Lipinski definition) is 2. The van der Waals surface area contributed by atoms with Gasteiger partial charge in [-0.05, 0) is 12.1 Å². The highest BCUT2D eigenvalue weighted by molar-refractivity contribution is 5.70. The van der Waals surface area contributed by atoms with E-state index < -0.39 is 29.6 Å². The van der Waals surface area contributed by atoms with Gasteiger partial charge >= 0.3 is 5.97 Å². The Bertz CT molecular complexity index is 424. The van der Waals surface area contributed by atoms with Crippen LogP contribution in [-0.2, 0) is 11.2 Å². The lowest BCUT2D eigenvalue weighted by atomic mass is 10.1. The van der Waals surface area contributed by atoms with E-state index in [9.17, 15) is 13.6 Å². The van der Waals surface area contributed by atoms with Crippen LogP contribution in [0.3, 0.4) is 0 Å². The molecule has 0 radical (unpaired) electrons. The summed E-state index contributed by atoms with van der Waals surface area (Å²) in [5.74, 6) is -3.08. The summed E-state index contributed by atoms with van der Waals surface area (Å²) in [4.78, 5) is 10.3. The molecule has 0 spiro atoms. The number of rotatable bonds is 2. The van der Waals surface area contributed by atoms with Crippen LogP contribution in [0.5, 0.6) is 0 Å². The fourth-order valence-electron chi connectivity index (χ4n) is 1.02. The van der Waals surface area contributed by atoms with Gasteiger partial charge in [-0.1, -0.05) is 0 Å². The molecular formula is C9H5F2NO2. The molecule has 1 aromatic carbocycles. The van der Waals surface area contributed by atoms with Gasteiger partial charge in [0.1, 0.15) is 17.7 Å². The van der Waals surface area contributed by atoms with Crippen molar-refractivity contribution in [3.05, 3.63) is 34.9 Å². The van der Waals surface area contributed by atoms with Crippen LogP contribution in [-0.4, -0.2) is 11.1 Å². The van der Waals surface area contributed by atoms with Gasteiger partial charge in [0.25, 0.3) is 0 Å². The molecule has 0 aliphatic carbocycles. The Balaban J connectivity index is 3.23. The minimum Gasteiger partial charge on any atom is -0.481 e. The monoisotopic (exact) mass is 197 g/mol. The van der Waals surface area contributed by atoms with Crippen molar-refractivity contribution < 1.29 is 18.7 Å². The number of benzene rings is 1. The van der Waals surface area contributed by atoms with Gasteiger partial charge in [0.2, 0.25) is 0 Å². The van der Waals surface area contributed by atoms with Crippen LogP contribution >= 0.6 is 0 Å². The van der Waals surface area contributed by atoms with E-state index in [4.69, 9.17) is 10.4 Å². The molecule has 0 amide bonds. The summed E-state index contributed by atoms with van der Waals surface area (Å²) in [5, 5.41) is 16.8. The quantitative estimate of drug-likeness (QED) is 0.780. The second-order valence-corrected chi connectivity index (χ2v) is 2.61. The molecule has 0 saturated heterocycles. The number of nitriles is 1. The highest BCUT2D eigenvalue weighted by Crippen LogP contribution is 2.15. The number of carboxylic acids is 1. The second kappa shape index (κ2) is 3.83. The van der Waals surface area contributed by atoms with Gasteiger partial charge in [-0.3, -0.25) is 4.79 Å². The maximum atomic E-state index is 13.2. The highest BCUT2D eigenvalue weighted by atomic mass is 19.1. The van der Waals surface area contributed by atoms with E-state index in [0.717, 1.165) is 12.1 Å².